The van der Waals surface area contributed by atoms with Crippen molar-refractivity contribution in [2.24, 2.45) is 0 Å². The van der Waals surface area contributed by atoms with Crippen molar-refractivity contribution in [3.63, 3.8) is 0 Å². The van der Waals surface area contributed by atoms with Gasteiger partial charge < -0.3 is 11.1 Å². The summed E-state index contributed by atoms with van der Waals surface area (Å²) in [7, 11) is 0. The smallest absolute Gasteiger partial charge is 0.256 e. The molecule has 20 heavy (non-hydrogen) atoms. The lowest BCUT2D eigenvalue weighted by atomic mass is 10.1. The van der Waals surface area contributed by atoms with E-state index < -0.39 is 17.5 Å². The minimum absolute atomic E-state index is 0.167. The van der Waals surface area contributed by atoms with Crippen LogP contribution in [0.2, 0.25) is 0 Å². The number of aryl methyl sites for hydroxylation is 1. The van der Waals surface area contributed by atoms with E-state index in [2.05, 4.69) is 21.2 Å². The molecule has 0 saturated carbocycles. The van der Waals surface area contributed by atoms with E-state index in [-0.39, 0.29) is 11.4 Å². The van der Waals surface area contributed by atoms with E-state index in [9.17, 15) is 13.6 Å². The van der Waals surface area contributed by atoms with Gasteiger partial charge in [0, 0.05) is 10.5 Å². The normalized spacial score (nSPS) is 10.4. The Morgan fingerprint density at radius 1 is 1.30 bits per heavy atom. The van der Waals surface area contributed by atoms with Crippen molar-refractivity contribution < 1.29 is 13.6 Å². The number of halogens is 3. The summed E-state index contributed by atoms with van der Waals surface area (Å²) < 4.78 is 27.2. The van der Waals surface area contributed by atoms with Gasteiger partial charge in [-0.05, 0) is 40.5 Å². The Balaban J connectivity index is 2.36. The van der Waals surface area contributed by atoms with E-state index in [0.717, 1.165) is 11.6 Å². The topological polar surface area (TPSA) is 55.1 Å². The van der Waals surface area contributed by atoms with Crippen LogP contribution in [0.15, 0.2) is 34.8 Å². The molecular weight excluding hydrogens is 330 g/mol. The molecule has 2 rings (SSSR count). The first-order valence-corrected chi connectivity index (χ1v) is 6.50. The number of hydrogen-bond acceptors (Lipinski definition) is 2. The van der Waals surface area contributed by atoms with Crippen LogP contribution >= 0.6 is 15.9 Å². The minimum Gasteiger partial charge on any atom is -0.397 e. The second-order valence-corrected chi connectivity index (χ2v) is 5.04. The molecular formula is C14H11BrF2N2O. The number of anilines is 2. The van der Waals surface area contributed by atoms with Crippen molar-refractivity contribution in [2.75, 3.05) is 11.1 Å². The number of rotatable bonds is 2. The molecule has 0 atom stereocenters. The molecule has 1 amide bonds. The molecule has 6 heteroatoms. The Kier molecular flexibility index (Phi) is 4.04. The summed E-state index contributed by atoms with van der Waals surface area (Å²) in [6.45, 7) is 1.83. The predicted octanol–water partition coefficient (Wildman–Crippen LogP) is 3.87. The van der Waals surface area contributed by atoms with Crippen LogP contribution in [-0.4, -0.2) is 5.91 Å². The molecule has 0 aliphatic rings. The summed E-state index contributed by atoms with van der Waals surface area (Å²) in [5, 5.41) is 2.35. The van der Waals surface area contributed by atoms with Gasteiger partial charge in [-0.15, -0.1) is 0 Å². The number of nitrogens with one attached hydrogen (secondary N) is 1. The molecule has 2 aromatic rings. The summed E-state index contributed by atoms with van der Waals surface area (Å²) in [5.74, 6) is -2.24. The summed E-state index contributed by atoms with van der Waals surface area (Å²) in [4.78, 5) is 12.1. The summed E-state index contributed by atoms with van der Waals surface area (Å²) in [6, 6.07) is 6.73. The third kappa shape index (κ3) is 2.80. The van der Waals surface area contributed by atoms with Crippen LogP contribution in [0.1, 0.15) is 15.9 Å². The molecule has 0 heterocycles. The van der Waals surface area contributed by atoms with E-state index >= 15 is 0 Å². The van der Waals surface area contributed by atoms with E-state index in [1.165, 1.54) is 0 Å². The highest BCUT2D eigenvalue weighted by molar-refractivity contribution is 9.10. The number of amides is 1. The molecule has 0 fully saturated rings. The third-order valence-electron chi connectivity index (χ3n) is 2.76. The quantitative estimate of drug-likeness (QED) is 0.815. The molecule has 0 spiro atoms. The average Bonchev–Trinajstić information content (AvgIpc) is 2.36. The van der Waals surface area contributed by atoms with Crippen LogP contribution in [-0.2, 0) is 0 Å². The highest BCUT2D eigenvalue weighted by atomic mass is 79.9. The van der Waals surface area contributed by atoms with Crippen molar-refractivity contribution in [1.82, 2.24) is 0 Å². The summed E-state index contributed by atoms with van der Waals surface area (Å²) >= 11 is 3.30. The minimum atomic E-state index is -0.917. The van der Waals surface area contributed by atoms with Gasteiger partial charge in [-0.2, -0.15) is 0 Å². The van der Waals surface area contributed by atoms with E-state index in [4.69, 9.17) is 5.73 Å². The molecule has 0 radical (unpaired) electrons. The molecule has 3 N–H and O–H groups in total. The molecule has 0 aromatic heterocycles. The number of carbonyl (C=O) groups excluding carboxylic acids is 1. The van der Waals surface area contributed by atoms with Crippen molar-refractivity contribution >= 4 is 33.2 Å². The third-order valence-corrected chi connectivity index (χ3v) is 3.81. The number of hydrogen-bond donors (Lipinski definition) is 2. The Morgan fingerprint density at radius 2 is 2.00 bits per heavy atom. The van der Waals surface area contributed by atoms with Gasteiger partial charge in [-0.3, -0.25) is 4.79 Å². The fourth-order valence-corrected chi connectivity index (χ4v) is 2.17. The van der Waals surface area contributed by atoms with Gasteiger partial charge in [-0.1, -0.05) is 12.1 Å². The second kappa shape index (κ2) is 5.58. The van der Waals surface area contributed by atoms with Crippen molar-refractivity contribution in [3.8, 4) is 0 Å². The van der Waals surface area contributed by atoms with Crippen LogP contribution in [0.25, 0.3) is 0 Å². The first-order chi connectivity index (χ1) is 9.40. The van der Waals surface area contributed by atoms with Crippen molar-refractivity contribution in [2.45, 2.75) is 6.92 Å². The Hall–Kier alpha value is -1.95. The standard InChI is InChI=1S/C14H11BrF2N2O/c1-7-3-2-4-9(12(7)15)14(20)19-13-10(17)5-8(16)6-11(13)18/h2-6H,18H2,1H3,(H,19,20). The SMILES string of the molecule is Cc1cccc(C(=O)Nc2c(N)cc(F)cc2F)c1Br. The zero-order valence-corrected chi connectivity index (χ0v) is 12.1. The number of carbonyl (C=O) groups is 1. The molecule has 0 aliphatic carbocycles. The maximum atomic E-state index is 13.6. The molecule has 0 bridgehead atoms. The van der Waals surface area contributed by atoms with Crippen LogP contribution in [0, 0.1) is 18.6 Å². The fraction of sp³-hybridized carbons (Fsp3) is 0.0714. The number of benzene rings is 2. The van der Waals surface area contributed by atoms with Gasteiger partial charge in [0.1, 0.15) is 11.5 Å². The largest absolute Gasteiger partial charge is 0.397 e. The monoisotopic (exact) mass is 340 g/mol. The van der Waals surface area contributed by atoms with Crippen LogP contribution in [0.4, 0.5) is 20.2 Å². The Labute approximate surface area is 122 Å². The molecule has 0 unspecified atom stereocenters. The molecule has 0 aliphatic heterocycles. The summed E-state index contributed by atoms with van der Waals surface area (Å²) in [5.41, 5.74) is 6.32. The zero-order valence-electron chi connectivity index (χ0n) is 10.5. The highest BCUT2D eigenvalue weighted by Gasteiger charge is 2.16. The Morgan fingerprint density at radius 3 is 2.65 bits per heavy atom. The van der Waals surface area contributed by atoms with Gasteiger partial charge in [-0.25, -0.2) is 8.78 Å². The van der Waals surface area contributed by atoms with E-state index in [0.29, 0.717) is 16.1 Å². The number of nitrogens with two attached hydrogens (primary N) is 1. The Bertz CT molecular complexity index is 666. The average molecular weight is 341 g/mol. The van der Waals surface area contributed by atoms with Crippen molar-refractivity contribution in [1.29, 1.82) is 0 Å². The van der Waals surface area contributed by atoms with Gasteiger partial charge in [0.2, 0.25) is 0 Å². The lowest BCUT2D eigenvalue weighted by Crippen LogP contribution is -2.15. The van der Waals surface area contributed by atoms with Crippen LogP contribution in [0.5, 0.6) is 0 Å². The fourth-order valence-electron chi connectivity index (χ4n) is 1.73. The van der Waals surface area contributed by atoms with Gasteiger partial charge in [0.05, 0.1) is 11.3 Å². The lowest BCUT2D eigenvalue weighted by Gasteiger charge is -2.11. The highest BCUT2D eigenvalue weighted by Crippen LogP contribution is 2.26. The van der Waals surface area contributed by atoms with Crippen LogP contribution < -0.4 is 11.1 Å². The molecule has 104 valence electrons. The maximum absolute atomic E-state index is 13.6. The second-order valence-electron chi connectivity index (χ2n) is 4.24. The first-order valence-electron chi connectivity index (χ1n) is 5.71. The lowest BCUT2D eigenvalue weighted by molar-refractivity contribution is 0.102. The van der Waals surface area contributed by atoms with E-state index in [1.54, 1.807) is 12.1 Å². The summed E-state index contributed by atoms with van der Waals surface area (Å²) in [6.07, 6.45) is 0. The zero-order chi connectivity index (χ0) is 14.9. The molecule has 0 saturated heterocycles. The van der Waals surface area contributed by atoms with Gasteiger partial charge in [0.25, 0.3) is 5.91 Å². The van der Waals surface area contributed by atoms with Crippen LogP contribution in [0.3, 0.4) is 0 Å². The molecule has 3 nitrogen and oxygen atoms in total. The van der Waals surface area contributed by atoms with E-state index in [1.807, 2.05) is 13.0 Å². The van der Waals surface area contributed by atoms with Crippen molar-refractivity contribution in [3.05, 3.63) is 57.6 Å². The maximum Gasteiger partial charge on any atom is 0.256 e. The van der Waals surface area contributed by atoms with Gasteiger partial charge >= 0.3 is 0 Å². The molecule has 2 aromatic carbocycles. The number of nitrogen functional groups attached to an aromatic ring is 1. The van der Waals surface area contributed by atoms with Gasteiger partial charge in [0.15, 0.2) is 5.82 Å². The first kappa shape index (κ1) is 14.5. The predicted molar refractivity (Wildman–Crippen MR) is 77.6 cm³/mol.